The predicted molar refractivity (Wildman–Crippen MR) is 97.2 cm³/mol. The summed E-state index contributed by atoms with van der Waals surface area (Å²) in [6.45, 7) is 4.09. The maximum Gasteiger partial charge on any atom is 0.338 e. The highest BCUT2D eigenvalue weighted by molar-refractivity contribution is 7.89. The van der Waals surface area contributed by atoms with E-state index in [1.807, 2.05) is 31.2 Å². The van der Waals surface area contributed by atoms with E-state index >= 15 is 0 Å². The van der Waals surface area contributed by atoms with Gasteiger partial charge in [0.05, 0.1) is 17.6 Å². The molecule has 0 heterocycles. The van der Waals surface area contributed by atoms with Crippen LogP contribution in [-0.2, 0) is 21.2 Å². The van der Waals surface area contributed by atoms with Gasteiger partial charge in [0.1, 0.15) is 0 Å². The van der Waals surface area contributed by atoms with Crippen molar-refractivity contribution in [2.75, 3.05) is 13.7 Å². The van der Waals surface area contributed by atoms with Crippen LogP contribution in [0.25, 0.3) is 0 Å². The van der Waals surface area contributed by atoms with Crippen LogP contribution in [0.4, 0.5) is 0 Å². The lowest BCUT2D eigenvalue weighted by molar-refractivity contribution is 0.0599. The Morgan fingerprint density at radius 1 is 1.08 bits per heavy atom. The van der Waals surface area contributed by atoms with Gasteiger partial charge in [0.25, 0.3) is 0 Å². The van der Waals surface area contributed by atoms with E-state index in [0.717, 1.165) is 6.42 Å². The number of esters is 1. The lowest BCUT2D eigenvalue weighted by atomic mass is 10.1. The molecule has 0 amide bonds. The first-order valence-electron chi connectivity index (χ1n) is 8.07. The molecule has 0 unspecified atom stereocenters. The smallest absolute Gasteiger partial charge is 0.338 e. The summed E-state index contributed by atoms with van der Waals surface area (Å²) in [4.78, 5) is 11.8. The zero-order valence-electron chi connectivity index (χ0n) is 14.7. The highest BCUT2D eigenvalue weighted by Gasteiger charge is 2.17. The second-order valence-electron chi connectivity index (χ2n) is 5.96. The molecule has 0 aromatic heterocycles. The lowest BCUT2D eigenvalue weighted by Crippen LogP contribution is -2.25. The van der Waals surface area contributed by atoms with Gasteiger partial charge in [0.15, 0.2) is 0 Å². The van der Waals surface area contributed by atoms with Crippen LogP contribution in [0.1, 0.15) is 33.5 Å². The van der Waals surface area contributed by atoms with Gasteiger partial charge in [0, 0.05) is 6.54 Å². The summed E-state index contributed by atoms with van der Waals surface area (Å²) in [5, 5.41) is 0. The van der Waals surface area contributed by atoms with Crippen molar-refractivity contribution in [2.45, 2.75) is 31.6 Å². The molecule has 0 saturated heterocycles. The fourth-order valence-electron chi connectivity index (χ4n) is 2.44. The van der Waals surface area contributed by atoms with Gasteiger partial charge in [-0.2, -0.15) is 0 Å². The average Bonchev–Trinajstić information content (AvgIpc) is 2.60. The van der Waals surface area contributed by atoms with E-state index < -0.39 is 16.0 Å². The van der Waals surface area contributed by atoms with E-state index in [-0.39, 0.29) is 10.5 Å². The summed E-state index contributed by atoms with van der Waals surface area (Å²) in [7, 11) is -2.39. The molecular formula is C19H23NO4S. The Balaban J connectivity index is 1.99. The topological polar surface area (TPSA) is 72.5 Å². The molecule has 0 spiro atoms. The van der Waals surface area contributed by atoms with Crippen molar-refractivity contribution >= 4 is 16.0 Å². The molecule has 25 heavy (non-hydrogen) atoms. The highest BCUT2D eigenvalue weighted by Crippen LogP contribution is 2.16. The fraction of sp³-hybridized carbons (Fsp3) is 0.316. The van der Waals surface area contributed by atoms with Gasteiger partial charge in [-0.15, -0.1) is 0 Å². The maximum atomic E-state index is 12.4. The first-order chi connectivity index (χ1) is 11.8. The number of methoxy groups -OCH3 is 1. The van der Waals surface area contributed by atoms with Crippen LogP contribution in [0, 0.1) is 13.8 Å². The fourth-order valence-corrected chi connectivity index (χ4v) is 3.54. The molecule has 0 fully saturated rings. The third-order valence-corrected chi connectivity index (χ3v) is 5.44. The molecule has 0 aliphatic heterocycles. The van der Waals surface area contributed by atoms with Crippen LogP contribution in [0.5, 0.6) is 0 Å². The zero-order chi connectivity index (χ0) is 18.4. The largest absolute Gasteiger partial charge is 0.465 e. The number of hydrogen-bond acceptors (Lipinski definition) is 4. The van der Waals surface area contributed by atoms with E-state index in [0.29, 0.717) is 18.5 Å². The van der Waals surface area contributed by atoms with Crippen molar-refractivity contribution in [2.24, 2.45) is 0 Å². The first kappa shape index (κ1) is 19.1. The van der Waals surface area contributed by atoms with E-state index in [4.69, 9.17) is 0 Å². The molecule has 0 aliphatic carbocycles. The van der Waals surface area contributed by atoms with Crippen molar-refractivity contribution in [1.29, 1.82) is 0 Å². The zero-order valence-corrected chi connectivity index (χ0v) is 15.5. The molecule has 0 bridgehead atoms. The highest BCUT2D eigenvalue weighted by atomic mass is 32.2. The van der Waals surface area contributed by atoms with Crippen LogP contribution >= 0.6 is 0 Å². The van der Waals surface area contributed by atoms with Crippen molar-refractivity contribution in [3.63, 3.8) is 0 Å². The van der Waals surface area contributed by atoms with Gasteiger partial charge < -0.3 is 4.74 Å². The Hall–Kier alpha value is -2.18. The third kappa shape index (κ3) is 5.14. The Morgan fingerprint density at radius 2 is 1.76 bits per heavy atom. The van der Waals surface area contributed by atoms with Gasteiger partial charge in [-0.3, -0.25) is 0 Å². The van der Waals surface area contributed by atoms with Crippen LogP contribution in [0.15, 0.2) is 47.4 Å². The minimum Gasteiger partial charge on any atom is -0.465 e. The molecule has 2 rings (SSSR count). The predicted octanol–water partition coefficient (Wildman–Crippen LogP) is 3.00. The standard InChI is InChI=1S/C19H23NO4S/c1-14-6-9-16(10-7-14)5-4-12-20-25(22,23)17-11-8-15(2)18(13-17)19(21)24-3/h6-11,13,20H,4-5,12H2,1-3H3. The molecule has 5 nitrogen and oxygen atoms in total. The lowest BCUT2D eigenvalue weighted by Gasteiger charge is -2.10. The van der Waals surface area contributed by atoms with Gasteiger partial charge in [-0.05, 0) is 49.9 Å². The normalized spacial score (nSPS) is 11.3. The second-order valence-corrected chi connectivity index (χ2v) is 7.72. The average molecular weight is 361 g/mol. The summed E-state index contributed by atoms with van der Waals surface area (Å²) in [5.41, 5.74) is 3.30. The summed E-state index contributed by atoms with van der Waals surface area (Å²) < 4.78 is 32.1. The van der Waals surface area contributed by atoms with Crippen LogP contribution in [-0.4, -0.2) is 28.0 Å². The van der Waals surface area contributed by atoms with E-state index in [9.17, 15) is 13.2 Å². The summed E-state index contributed by atoms with van der Waals surface area (Å²) >= 11 is 0. The Labute approximate surface area is 149 Å². The first-order valence-corrected chi connectivity index (χ1v) is 9.56. The Kier molecular flexibility index (Phi) is 6.33. The van der Waals surface area contributed by atoms with Gasteiger partial charge >= 0.3 is 5.97 Å². The summed E-state index contributed by atoms with van der Waals surface area (Å²) in [5.74, 6) is -0.547. The molecule has 6 heteroatoms. The molecule has 0 radical (unpaired) electrons. The molecule has 134 valence electrons. The number of carbonyl (C=O) groups is 1. The van der Waals surface area contributed by atoms with E-state index in [1.165, 1.54) is 30.4 Å². The number of ether oxygens (including phenoxy) is 1. The minimum absolute atomic E-state index is 0.0637. The number of carbonyl (C=O) groups excluding carboxylic acids is 1. The molecule has 0 saturated carbocycles. The molecule has 1 N–H and O–H groups in total. The van der Waals surface area contributed by atoms with Crippen molar-refractivity contribution < 1.29 is 17.9 Å². The monoisotopic (exact) mass is 361 g/mol. The van der Waals surface area contributed by atoms with Crippen molar-refractivity contribution in [3.05, 3.63) is 64.7 Å². The number of aryl methyl sites for hydroxylation is 3. The van der Waals surface area contributed by atoms with Gasteiger partial charge in [-0.1, -0.05) is 35.9 Å². The van der Waals surface area contributed by atoms with Crippen molar-refractivity contribution in [1.82, 2.24) is 4.72 Å². The number of rotatable bonds is 7. The van der Waals surface area contributed by atoms with Crippen LogP contribution in [0.2, 0.25) is 0 Å². The Bertz CT molecular complexity index is 842. The van der Waals surface area contributed by atoms with Crippen molar-refractivity contribution in [3.8, 4) is 0 Å². The molecular weight excluding hydrogens is 338 g/mol. The van der Waals surface area contributed by atoms with Crippen LogP contribution < -0.4 is 4.72 Å². The Morgan fingerprint density at radius 3 is 2.40 bits per heavy atom. The molecule has 2 aromatic carbocycles. The third-order valence-electron chi connectivity index (χ3n) is 3.98. The van der Waals surface area contributed by atoms with E-state index in [1.54, 1.807) is 13.0 Å². The molecule has 2 aromatic rings. The summed E-state index contributed by atoms with van der Waals surface area (Å²) in [6.07, 6.45) is 1.49. The SMILES string of the molecule is COC(=O)c1cc(S(=O)(=O)NCCCc2ccc(C)cc2)ccc1C. The number of benzene rings is 2. The quantitative estimate of drug-likeness (QED) is 0.608. The minimum atomic E-state index is -3.66. The van der Waals surface area contributed by atoms with Gasteiger partial charge in [0.2, 0.25) is 10.0 Å². The second kappa shape index (κ2) is 8.27. The number of nitrogens with one attached hydrogen (secondary N) is 1. The number of hydrogen-bond donors (Lipinski definition) is 1. The van der Waals surface area contributed by atoms with Crippen LogP contribution in [0.3, 0.4) is 0 Å². The maximum absolute atomic E-state index is 12.4. The number of sulfonamides is 1. The molecule has 0 aliphatic rings. The van der Waals surface area contributed by atoms with Gasteiger partial charge in [-0.25, -0.2) is 17.9 Å². The van der Waals surface area contributed by atoms with E-state index in [2.05, 4.69) is 9.46 Å². The molecule has 0 atom stereocenters. The summed E-state index contributed by atoms with van der Waals surface area (Å²) in [6, 6.07) is 12.6.